The molecule has 0 saturated carbocycles. The molecule has 0 atom stereocenters. The van der Waals surface area contributed by atoms with Crippen LogP contribution in [0.15, 0.2) is 48.5 Å². The Morgan fingerprint density at radius 3 is 1.20 bits per heavy atom. The van der Waals surface area contributed by atoms with Crippen LogP contribution in [0.3, 0.4) is 0 Å². The second-order valence-corrected chi connectivity index (χ2v) is 21.3. The number of hydrogen-bond acceptors (Lipinski definition) is 7. The van der Waals surface area contributed by atoms with E-state index in [-0.39, 0.29) is 11.6 Å². The van der Waals surface area contributed by atoms with Gasteiger partial charge in [-0.05, 0) is 64.3 Å². The van der Waals surface area contributed by atoms with Gasteiger partial charge in [0.05, 0.1) is 37.5 Å². The third-order valence-corrected chi connectivity index (χ3v) is 16.4. The van der Waals surface area contributed by atoms with Gasteiger partial charge in [-0.3, -0.25) is 19.4 Å². The monoisotopic (exact) mass is 596 g/mol. The van der Waals surface area contributed by atoms with Crippen molar-refractivity contribution in [1.82, 2.24) is 9.80 Å². The molecule has 7 nitrogen and oxygen atoms in total. The summed E-state index contributed by atoms with van der Waals surface area (Å²) in [7, 11) is -4.57. The van der Waals surface area contributed by atoms with Crippen LogP contribution in [0.5, 0.6) is 0 Å². The standard InChI is InChI=1S/C32H48N2O5Si2/c1-31(2,33-17-21-37-22-18-33)29(35)25-9-13-27(14-10-25)40(5,6)39-41(7,8)28-15-11-26(12-16-28)30(36)32(3,4)34-19-23-38-24-20-34/h9-16H,17-24H2,1-8H3. The van der Waals surface area contributed by atoms with Gasteiger partial charge in [-0.15, -0.1) is 0 Å². The fourth-order valence-corrected chi connectivity index (χ4v) is 14.0. The highest BCUT2D eigenvalue weighted by molar-refractivity contribution is 6.96. The van der Waals surface area contributed by atoms with Crippen molar-refractivity contribution in [3.63, 3.8) is 0 Å². The maximum Gasteiger partial charge on any atom is 0.206 e. The van der Waals surface area contributed by atoms with Crippen molar-refractivity contribution in [1.29, 1.82) is 0 Å². The van der Waals surface area contributed by atoms with Gasteiger partial charge in [0, 0.05) is 37.3 Å². The minimum absolute atomic E-state index is 0.132. The molecule has 9 heteroatoms. The average molecular weight is 597 g/mol. The van der Waals surface area contributed by atoms with Crippen molar-refractivity contribution < 1.29 is 23.2 Å². The Balaban J connectivity index is 1.44. The number of carbonyl (C=O) groups is 2. The van der Waals surface area contributed by atoms with Crippen molar-refractivity contribution >= 4 is 38.6 Å². The molecule has 2 saturated heterocycles. The molecule has 0 aliphatic carbocycles. The van der Waals surface area contributed by atoms with Crippen LogP contribution in [0.4, 0.5) is 0 Å². The minimum Gasteiger partial charge on any atom is -0.449 e. The zero-order valence-electron chi connectivity index (χ0n) is 26.2. The summed E-state index contributed by atoms with van der Waals surface area (Å²) in [6.07, 6.45) is 0. The first-order valence-corrected chi connectivity index (χ1v) is 20.6. The van der Waals surface area contributed by atoms with E-state index in [0.29, 0.717) is 26.4 Å². The molecule has 0 aromatic heterocycles. The lowest BCUT2D eigenvalue weighted by atomic mass is 9.91. The third kappa shape index (κ3) is 6.99. The maximum absolute atomic E-state index is 13.4. The molecule has 2 heterocycles. The van der Waals surface area contributed by atoms with Crippen LogP contribution in [0.25, 0.3) is 0 Å². The molecule has 2 aliphatic heterocycles. The van der Waals surface area contributed by atoms with E-state index in [1.807, 2.05) is 52.0 Å². The summed E-state index contributed by atoms with van der Waals surface area (Å²) < 4.78 is 17.9. The first-order valence-electron chi connectivity index (χ1n) is 14.8. The Morgan fingerprint density at radius 1 is 0.610 bits per heavy atom. The minimum atomic E-state index is -2.28. The number of morpholine rings is 2. The molecule has 0 N–H and O–H groups in total. The molecule has 0 unspecified atom stereocenters. The highest BCUT2D eigenvalue weighted by Crippen LogP contribution is 2.24. The van der Waals surface area contributed by atoms with Gasteiger partial charge >= 0.3 is 0 Å². The molecule has 0 spiro atoms. The van der Waals surface area contributed by atoms with Crippen molar-refractivity contribution in [2.45, 2.75) is 65.0 Å². The van der Waals surface area contributed by atoms with Gasteiger partial charge in [0.1, 0.15) is 0 Å². The number of ketones is 2. The first-order chi connectivity index (χ1) is 19.2. The van der Waals surface area contributed by atoms with Gasteiger partial charge < -0.3 is 13.6 Å². The van der Waals surface area contributed by atoms with E-state index >= 15 is 0 Å². The number of Topliss-reactive ketones (excluding diaryl/α,β-unsaturated/α-hetero) is 2. The van der Waals surface area contributed by atoms with Crippen molar-refractivity contribution in [2.24, 2.45) is 0 Å². The van der Waals surface area contributed by atoms with E-state index in [1.165, 1.54) is 0 Å². The lowest BCUT2D eigenvalue weighted by molar-refractivity contribution is -0.00442. The molecule has 2 aromatic rings. The summed E-state index contributed by atoms with van der Waals surface area (Å²) >= 11 is 0. The molecule has 4 rings (SSSR count). The number of benzene rings is 2. The molecular formula is C32H48N2O5Si2. The molecule has 0 amide bonds. The Labute approximate surface area is 248 Å². The van der Waals surface area contributed by atoms with Gasteiger partial charge in [0.2, 0.25) is 16.6 Å². The predicted molar refractivity (Wildman–Crippen MR) is 170 cm³/mol. The lowest BCUT2D eigenvalue weighted by Gasteiger charge is -2.39. The third-order valence-electron chi connectivity index (χ3n) is 8.91. The summed E-state index contributed by atoms with van der Waals surface area (Å²) in [5, 5.41) is 2.33. The van der Waals surface area contributed by atoms with Gasteiger partial charge in [-0.2, -0.15) is 0 Å². The molecule has 2 fully saturated rings. The summed E-state index contributed by atoms with van der Waals surface area (Å²) in [5.74, 6) is 0.264. The zero-order chi connectivity index (χ0) is 30.1. The average Bonchev–Trinajstić information content (AvgIpc) is 2.97. The quantitative estimate of drug-likeness (QED) is 0.305. The first kappa shape index (κ1) is 31.9. The summed E-state index contributed by atoms with van der Waals surface area (Å²) in [4.78, 5) is 31.3. The number of carbonyl (C=O) groups excluding carboxylic acids is 2. The molecule has 0 bridgehead atoms. The van der Waals surface area contributed by atoms with Gasteiger partial charge in [0.25, 0.3) is 0 Å². The smallest absolute Gasteiger partial charge is 0.206 e. The molecule has 0 radical (unpaired) electrons. The topological polar surface area (TPSA) is 68.3 Å². The van der Waals surface area contributed by atoms with Crippen molar-refractivity contribution in [3.05, 3.63) is 59.7 Å². The largest absolute Gasteiger partial charge is 0.449 e. The van der Waals surface area contributed by atoms with E-state index in [0.717, 1.165) is 47.7 Å². The number of nitrogens with zero attached hydrogens (tertiary/aromatic N) is 2. The number of ether oxygens (including phenoxy) is 2. The van der Waals surface area contributed by atoms with Crippen LogP contribution in [0.2, 0.25) is 26.2 Å². The molecule has 224 valence electrons. The van der Waals surface area contributed by atoms with Crippen LogP contribution in [0.1, 0.15) is 48.4 Å². The van der Waals surface area contributed by atoms with Crippen LogP contribution in [-0.4, -0.2) is 102 Å². The van der Waals surface area contributed by atoms with Gasteiger partial charge in [-0.1, -0.05) is 48.5 Å². The van der Waals surface area contributed by atoms with E-state index in [4.69, 9.17) is 13.6 Å². The lowest BCUT2D eigenvalue weighted by Crippen LogP contribution is -2.57. The van der Waals surface area contributed by atoms with Crippen LogP contribution in [0, 0.1) is 0 Å². The molecular weight excluding hydrogens is 549 g/mol. The summed E-state index contributed by atoms with van der Waals surface area (Å²) in [5.41, 5.74) is 0.307. The van der Waals surface area contributed by atoms with Gasteiger partial charge in [0.15, 0.2) is 11.6 Å². The van der Waals surface area contributed by atoms with Crippen LogP contribution >= 0.6 is 0 Å². The fraction of sp³-hybridized carbons (Fsp3) is 0.562. The Hall–Kier alpha value is -1.99. The maximum atomic E-state index is 13.4. The Bertz CT molecular complexity index is 1120. The van der Waals surface area contributed by atoms with E-state index < -0.39 is 27.7 Å². The van der Waals surface area contributed by atoms with E-state index in [2.05, 4.69) is 60.3 Å². The molecule has 41 heavy (non-hydrogen) atoms. The zero-order valence-corrected chi connectivity index (χ0v) is 28.2. The molecule has 2 aromatic carbocycles. The number of hydrogen-bond donors (Lipinski definition) is 0. The van der Waals surface area contributed by atoms with Crippen molar-refractivity contribution in [2.75, 3.05) is 52.6 Å². The SMILES string of the molecule is CC(C)(C(=O)c1ccc([Si](C)(C)O[Si](C)(C)c2ccc(C(=O)C(C)(C)N3CCOCC3)cc2)cc1)N1CCOCC1. The Kier molecular flexibility index (Phi) is 9.60. The second kappa shape index (κ2) is 12.3. The second-order valence-electron chi connectivity index (χ2n) is 13.3. The predicted octanol–water partition coefficient (Wildman–Crippen LogP) is 3.81. The normalized spacial score (nSPS) is 18.3. The van der Waals surface area contributed by atoms with Crippen LogP contribution in [-0.2, 0) is 13.6 Å². The molecule has 2 aliphatic rings. The number of rotatable bonds is 10. The van der Waals surface area contributed by atoms with Crippen molar-refractivity contribution in [3.8, 4) is 0 Å². The highest BCUT2D eigenvalue weighted by atomic mass is 28.4. The summed E-state index contributed by atoms with van der Waals surface area (Å²) in [6.45, 7) is 22.6. The highest BCUT2D eigenvalue weighted by Gasteiger charge is 2.39. The van der Waals surface area contributed by atoms with E-state index in [9.17, 15) is 9.59 Å². The van der Waals surface area contributed by atoms with Crippen LogP contribution < -0.4 is 10.4 Å². The van der Waals surface area contributed by atoms with Gasteiger partial charge in [-0.25, -0.2) is 0 Å². The summed E-state index contributed by atoms with van der Waals surface area (Å²) in [6, 6.07) is 16.2. The fourth-order valence-electron chi connectivity index (χ4n) is 6.04. The van der Waals surface area contributed by atoms with E-state index in [1.54, 1.807) is 0 Å². The Morgan fingerprint density at radius 2 is 0.902 bits per heavy atom.